The highest BCUT2D eigenvalue weighted by Crippen LogP contribution is 2.48. The van der Waals surface area contributed by atoms with Crippen molar-refractivity contribution >= 4 is 10.0 Å². The third-order valence-electron chi connectivity index (χ3n) is 10.9. The molecule has 0 amide bonds. The first kappa shape index (κ1) is 26.2. The number of hydrogen-bond acceptors (Lipinski definition) is 4. The molecule has 5 nitrogen and oxygen atoms in total. The van der Waals surface area contributed by atoms with Crippen LogP contribution >= 0.6 is 0 Å². The average Bonchev–Trinajstić information content (AvgIpc) is 2.83. The minimum Gasteiger partial charge on any atom is -0.395 e. The minimum atomic E-state index is -3.31. The maximum absolute atomic E-state index is 13.8. The molecule has 5 rings (SSSR count). The van der Waals surface area contributed by atoms with Gasteiger partial charge in [0.15, 0.2) is 0 Å². The van der Waals surface area contributed by atoms with E-state index in [9.17, 15) is 13.5 Å². The first-order valence-electron chi connectivity index (χ1n) is 14.9. The van der Waals surface area contributed by atoms with Gasteiger partial charge in [-0.3, -0.25) is 4.90 Å². The molecular weight excluding hydrogens is 456 g/mol. The van der Waals surface area contributed by atoms with Gasteiger partial charge in [-0.05, 0) is 80.5 Å². The number of fused-ring (bicyclic) bond motifs is 1. The number of sulfonamides is 1. The van der Waals surface area contributed by atoms with Crippen LogP contribution in [0.1, 0.15) is 90.9 Å². The van der Waals surface area contributed by atoms with Crippen LogP contribution in [0.25, 0.3) is 0 Å². The van der Waals surface area contributed by atoms with E-state index >= 15 is 0 Å². The zero-order valence-electron chi connectivity index (χ0n) is 22.2. The predicted octanol–water partition coefficient (Wildman–Crippen LogP) is 5.06. The first-order chi connectivity index (χ1) is 16.9. The molecule has 1 saturated heterocycles. The van der Waals surface area contributed by atoms with Gasteiger partial charge in [-0.25, -0.2) is 8.42 Å². The summed E-state index contributed by atoms with van der Waals surface area (Å²) in [5.41, 5.74) is 0. The van der Waals surface area contributed by atoms with Gasteiger partial charge in [0.2, 0.25) is 10.0 Å². The van der Waals surface area contributed by atoms with Gasteiger partial charge >= 0.3 is 0 Å². The van der Waals surface area contributed by atoms with E-state index in [1.54, 1.807) is 0 Å². The van der Waals surface area contributed by atoms with Crippen molar-refractivity contribution in [1.29, 1.82) is 0 Å². The second-order valence-corrected chi connectivity index (χ2v) is 15.1. The summed E-state index contributed by atoms with van der Waals surface area (Å²) in [4.78, 5) is 2.40. The minimum absolute atomic E-state index is 0.192. The van der Waals surface area contributed by atoms with Crippen LogP contribution in [-0.4, -0.2) is 66.3 Å². The molecule has 3 saturated carbocycles. The molecule has 5 aliphatic rings. The lowest BCUT2D eigenvalue weighted by molar-refractivity contribution is -0.113. The van der Waals surface area contributed by atoms with Gasteiger partial charge in [0.25, 0.3) is 0 Å². The Bertz CT molecular complexity index is 837. The Labute approximate surface area is 214 Å². The van der Waals surface area contributed by atoms with Crippen LogP contribution in [0.3, 0.4) is 0 Å². The summed E-state index contributed by atoms with van der Waals surface area (Å²) >= 11 is 0. The first-order valence-corrected chi connectivity index (χ1v) is 16.4. The molecule has 2 heterocycles. The van der Waals surface area contributed by atoms with Gasteiger partial charge < -0.3 is 5.11 Å². The monoisotopic (exact) mass is 506 g/mol. The van der Waals surface area contributed by atoms with E-state index in [0.717, 1.165) is 50.0 Å². The molecule has 2 aliphatic heterocycles. The second kappa shape index (κ2) is 11.1. The van der Waals surface area contributed by atoms with Gasteiger partial charge in [0, 0.05) is 31.7 Å². The van der Waals surface area contributed by atoms with Crippen LogP contribution in [0.5, 0.6) is 0 Å². The molecule has 4 fully saturated rings. The number of rotatable bonds is 5. The fourth-order valence-corrected chi connectivity index (χ4v) is 11.1. The molecule has 5 unspecified atom stereocenters. The lowest BCUT2D eigenvalue weighted by Crippen LogP contribution is -2.71. The number of aliphatic hydroxyl groups is 1. The molecule has 35 heavy (non-hydrogen) atoms. The van der Waals surface area contributed by atoms with Crippen LogP contribution < -0.4 is 0 Å². The molecule has 0 aromatic heterocycles. The molecule has 0 aromatic rings. The lowest BCUT2D eigenvalue weighted by Gasteiger charge is -2.59. The Hall–Kier alpha value is -0.430. The Morgan fingerprint density at radius 1 is 0.829 bits per heavy atom. The summed E-state index contributed by atoms with van der Waals surface area (Å²) in [6, 6.07) is 0.444. The summed E-state index contributed by atoms with van der Waals surface area (Å²) in [6.45, 7) is 6.73. The van der Waals surface area contributed by atoms with Crippen molar-refractivity contribution in [2.24, 2.45) is 35.5 Å². The molecule has 3 aliphatic carbocycles. The van der Waals surface area contributed by atoms with Crippen molar-refractivity contribution in [2.45, 2.75) is 108 Å². The zero-order valence-corrected chi connectivity index (χ0v) is 23.0. The van der Waals surface area contributed by atoms with Crippen molar-refractivity contribution in [2.75, 3.05) is 26.2 Å². The van der Waals surface area contributed by atoms with Crippen molar-refractivity contribution < 1.29 is 13.5 Å². The SMILES string of the molecule is CC1CCCC(C2CCC([C@H]3C4CN(S(=O)(=O)C5CCCCC5C)C/C=C\CN4[C@@H]3CO)CC2)C1. The Morgan fingerprint density at radius 3 is 2.26 bits per heavy atom. The smallest absolute Gasteiger partial charge is 0.217 e. The number of hydrogen-bond donors (Lipinski definition) is 1. The molecule has 0 aromatic carbocycles. The van der Waals surface area contributed by atoms with E-state index in [0.29, 0.717) is 24.9 Å². The summed E-state index contributed by atoms with van der Waals surface area (Å²) in [6.07, 6.45) is 19.1. The summed E-state index contributed by atoms with van der Waals surface area (Å²) < 4.78 is 29.4. The molecule has 0 bridgehead atoms. The summed E-state index contributed by atoms with van der Waals surface area (Å²) in [7, 11) is -3.31. The van der Waals surface area contributed by atoms with E-state index < -0.39 is 10.0 Å². The maximum Gasteiger partial charge on any atom is 0.217 e. The number of aliphatic hydroxyl groups excluding tert-OH is 1. The lowest BCUT2D eigenvalue weighted by atomic mass is 9.62. The highest BCUT2D eigenvalue weighted by Gasteiger charge is 2.53. The van der Waals surface area contributed by atoms with Crippen molar-refractivity contribution in [1.82, 2.24) is 9.21 Å². The summed E-state index contributed by atoms with van der Waals surface area (Å²) in [5, 5.41) is 10.1. The van der Waals surface area contributed by atoms with Crippen molar-refractivity contribution in [3.8, 4) is 0 Å². The third kappa shape index (κ3) is 5.28. The highest BCUT2D eigenvalue weighted by molar-refractivity contribution is 7.89. The Balaban J connectivity index is 1.27. The second-order valence-electron chi connectivity index (χ2n) is 12.9. The molecule has 7 atom stereocenters. The molecule has 0 spiro atoms. The van der Waals surface area contributed by atoms with E-state index in [1.165, 1.54) is 51.4 Å². The van der Waals surface area contributed by atoms with Gasteiger partial charge in [-0.15, -0.1) is 0 Å². The standard InChI is InChI=1S/C29H50N2O3S/c1-21-8-7-10-25(18-21)23-12-14-24(15-13-23)29-26-19-30(16-5-6-17-31(26)27(29)20-32)35(33,34)28-11-4-3-9-22(28)2/h5-6,21-29,32H,3-4,7-20H2,1-2H3/b6-5-/t21?,22?,23?,24?,25?,26?,27-,28?,29+/m1/s1. The van der Waals surface area contributed by atoms with Crippen molar-refractivity contribution in [3.63, 3.8) is 0 Å². The van der Waals surface area contributed by atoms with E-state index in [2.05, 4.69) is 24.8 Å². The third-order valence-corrected chi connectivity index (χ3v) is 13.4. The van der Waals surface area contributed by atoms with Crippen LogP contribution in [0, 0.1) is 35.5 Å². The van der Waals surface area contributed by atoms with Gasteiger partial charge in [-0.1, -0.05) is 58.1 Å². The predicted molar refractivity (Wildman–Crippen MR) is 142 cm³/mol. The molecule has 0 radical (unpaired) electrons. The van der Waals surface area contributed by atoms with Crippen LogP contribution in [0.2, 0.25) is 0 Å². The molecule has 1 N–H and O–H groups in total. The van der Waals surface area contributed by atoms with Crippen molar-refractivity contribution in [3.05, 3.63) is 12.2 Å². The molecular formula is C29H50N2O3S. The fourth-order valence-electron chi connectivity index (χ4n) is 8.90. The average molecular weight is 507 g/mol. The highest BCUT2D eigenvalue weighted by atomic mass is 32.2. The Morgan fingerprint density at radius 2 is 1.54 bits per heavy atom. The normalized spacial score (nSPS) is 45.1. The van der Waals surface area contributed by atoms with Gasteiger partial charge in [0.1, 0.15) is 0 Å². The number of nitrogens with zero attached hydrogens (tertiary/aromatic N) is 2. The largest absolute Gasteiger partial charge is 0.395 e. The van der Waals surface area contributed by atoms with Crippen LogP contribution in [0.15, 0.2) is 12.2 Å². The molecule has 200 valence electrons. The molecule has 6 heteroatoms. The van der Waals surface area contributed by atoms with Crippen LogP contribution in [-0.2, 0) is 10.0 Å². The maximum atomic E-state index is 13.8. The Kier molecular flexibility index (Phi) is 8.33. The van der Waals surface area contributed by atoms with Gasteiger partial charge in [0.05, 0.1) is 11.9 Å². The van der Waals surface area contributed by atoms with E-state index in [4.69, 9.17) is 0 Å². The zero-order chi connectivity index (χ0) is 24.6. The quantitative estimate of drug-likeness (QED) is 0.530. The van der Waals surface area contributed by atoms with Crippen LogP contribution in [0.4, 0.5) is 0 Å². The van der Waals surface area contributed by atoms with E-state index in [-0.39, 0.29) is 29.9 Å². The fraction of sp³-hybridized carbons (Fsp3) is 0.931. The summed E-state index contributed by atoms with van der Waals surface area (Å²) in [5.74, 6) is 4.03. The van der Waals surface area contributed by atoms with E-state index in [1.807, 2.05) is 10.4 Å². The topological polar surface area (TPSA) is 60.9 Å². The van der Waals surface area contributed by atoms with Gasteiger partial charge in [-0.2, -0.15) is 4.31 Å².